The molecule has 35 heavy (non-hydrogen) atoms. The number of ether oxygens (including phenoxy) is 1. The number of nitrogens with one attached hydrogen (secondary N) is 1. The van der Waals surface area contributed by atoms with E-state index in [2.05, 4.69) is 32.2 Å². The van der Waals surface area contributed by atoms with Gasteiger partial charge in [0.15, 0.2) is 11.3 Å². The molecule has 1 aliphatic rings. The maximum Gasteiger partial charge on any atom is 0.275 e. The highest BCUT2D eigenvalue weighted by molar-refractivity contribution is 7.07. The highest BCUT2D eigenvalue weighted by Crippen LogP contribution is 2.22. The normalized spacial score (nSPS) is 16.0. The van der Waals surface area contributed by atoms with Gasteiger partial charge < -0.3 is 15.0 Å². The molecule has 0 unspecified atom stereocenters. The van der Waals surface area contributed by atoms with Gasteiger partial charge in [0, 0.05) is 38.0 Å². The number of carbonyl (C=O) groups excluding carboxylic acids is 2. The number of nitrogens with zero attached hydrogens (tertiary/aromatic N) is 4. The molecule has 1 atom stereocenters. The summed E-state index contributed by atoms with van der Waals surface area (Å²) >= 11 is 1.68. The van der Waals surface area contributed by atoms with Crippen LogP contribution in [-0.4, -0.2) is 50.5 Å². The Balaban J connectivity index is 1.37. The van der Waals surface area contributed by atoms with Crippen LogP contribution in [0.2, 0.25) is 0 Å². The lowest BCUT2D eigenvalue weighted by molar-refractivity contribution is -0.125. The van der Waals surface area contributed by atoms with E-state index in [0.717, 1.165) is 30.6 Å². The Hall–Kier alpha value is -3.72. The van der Waals surface area contributed by atoms with Gasteiger partial charge in [-0.2, -0.15) is 16.4 Å². The Morgan fingerprint density at radius 2 is 2.14 bits per heavy atom. The van der Waals surface area contributed by atoms with E-state index in [-0.39, 0.29) is 24.1 Å². The van der Waals surface area contributed by atoms with Crippen LogP contribution >= 0.6 is 11.3 Å². The van der Waals surface area contributed by atoms with Crippen LogP contribution in [0.3, 0.4) is 0 Å². The van der Waals surface area contributed by atoms with Crippen molar-refractivity contribution in [3.63, 3.8) is 0 Å². The molecule has 0 saturated carbocycles. The zero-order valence-electron chi connectivity index (χ0n) is 19.3. The lowest BCUT2D eigenvalue weighted by Gasteiger charge is -2.29. The Morgan fingerprint density at radius 1 is 1.20 bits per heavy atom. The van der Waals surface area contributed by atoms with Crippen LogP contribution < -0.4 is 10.1 Å². The van der Waals surface area contributed by atoms with Crippen molar-refractivity contribution in [3.05, 3.63) is 82.4 Å². The number of carbonyl (C=O) groups is 2. The van der Waals surface area contributed by atoms with E-state index in [0.29, 0.717) is 25.2 Å². The molecule has 9 heteroatoms. The molecule has 180 valence electrons. The zero-order chi connectivity index (χ0) is 24.0. The molecule has 1 N–H and O–H groups in total. The molecule has 5 rings (SSSR count). The summed E-state index contributed by atoms with van der Waals surface area (Å²) in [6.45, 7) is 1.48. The number of hydrogen-bond donors (Lipinski definition) is 1. The average Bonchev–Trinajstić information content (AvgIpc) is 3.50. The van der Waals surface area contributed by atoms with Gasteiger partial charge in [-0.25, -0.2) is 9.50 Å². The number of rotatable bonds is 8. The van der Waals surface area contributed by atoms with Crippen molar-refractivity contribution in [1.82, 2.24) is 24.8 Å². The smallest absolute Gasteiger partial charge is 0.275 e. The first-order valence-corrected chi connectivity index (χ1v) is 12.7. The second-order valence-electron chi connectivity index (χ2n) is 8.57. The number of hydrogen-bond acceptors (Lipinski definition) is 6. The van der Waals surface area contributed by atoms with Crippen molar-refractivity contribution in [2.75, 3.05) is 13.2 Å². The molecule has 8 nitrogen and oxygen atoms in total. The number of aromatic nitrogens is 3. The van der Waals surface area contributed by atoms with Crippen LogP contribution in [0.4, 0.5) is 0 Å². The number of benzene rings is 1. The fourth-order valence-corrected chi connectivity index (χ4v) is 4.98. The third kappa shape index (κ3) is 5.51. The topological polar surface area (TPSA) is 88.8 Å². The van der Waals surface area contributed by atoms with Gasteiger partial charge in [0.2, 0.25) is 5.91 Å². The summed E-state index contributed by atoms with van der Waals surface area (Å²) in [6, 6.07) is 12.7. The van der Waals surface area contributed by atoms with Gasteiger partial charge in [0.05, 0.1) is 6.61 Å². The molecule has 2 amide bonds. The van der Waals surface area contributed by atoms with E-state index < -0.39 is 6.04 Å². The summed E-state index contributed by atoms with van der Waals surface area (Å²) in [5.41, 5.74) is 3.00. The van der Waals surface area contributed by atoms with Gasteiger partial charge in [0.1, 0.15) is 11.8 Å². The first-order valence-electron chi connectivity index (χ1n) is 11.8. The van der Waals surface area contributed by atoms with Crippen LogP contribution in [0, 0.1) is 0 Å². The van der Waals surface area contributed by atoms with Gasteiger partial charge in [-0.1, -0.05) is 12.1 Å². The summed E-state index contributed by atoms with van der Waals surface area (Å²) in [7, 11) is 0. The molecule has 0 bridgehead atoms. The Bertz CT molecular complexity index is 1270. The molecule has 4 aromatic rings. The monoisotopic (exact) mass is 489 g/mol. The van der Waals surface area contributed by atoms with Crippen LogP contribution in [0.15, 0.2) is 65.6 Å². The van der Waals surface area contributed by atoms with E-state index in [1.54, 1.807) is 45.3 Å². The number of amides is 2. The van der Waals surface area contributed by atoms with E-state index in [4.69, 9.17) is 4.74 Å². The summed E-state index contributed by atoms with van der Waals surface area (Å²) < 4.78 is 7.54. The molecule has 0 spiro atoms. The van der Waals surface area contributed by atoms with Crippen molar-refractivity contribution in [3.8, 4) is 5.75 Å². The minimum atomic E-state index is -0.564. The zero-order valence-corrected chi connectivity index (χ0v) is 20.1. The summed E-state index contributed by atoms with van der Waals surface area (Å²) in [6.07, 6.45) is 6.62. The largest absolute Gasteiger partial charge is 0.493 e. The SMILES string of the molecule is O=C1NCCCC[C@@H]1N(Cc1cccc(OCCc2ccsc2)c1)C(=O)c1cc2ncccn2n1. The Morgan fingerprint density at radius 3 is 3.00 bits per heavy atom. The van der Waals surface area contributed by atoms with Gasteiger partial charge in [-0.3, -0.25) is 9.59 Å². The molecule has 1 aliphatic heterocycles. The molecule has 3 aromatic heterocycles. The van der Waals surface area contributed by atoms with Crippen LogP contribution in [-0.2, 0) is 17.8 Å². The fourth-order valence-electron chi connectivity index (χ4n) is 4.28. The minimum absolute atomic E-state index is 0.124. The lowest BCUT2D eigenvalue weighted by atomic mass is 10.1. The summed E-state index contributed by atoms with van der Waals surface area (Å²) in [5.74, 6) is 0.328. The first-order chi connectivity index (χ1) is 17.2. The molecule has 1 aromatic carbocycles. The minimum Gasteiger partial charge on any atom is -0.493 e. The highest BCUT2D eigenvalue weighted by atomic mass is 32.1. The second kappa shape index (κ2) is 10.7. The molecular weight excluding hydrogens is 462 g/mol. The average molecular weight is 490 g/mol. The maximum absolute atomic E-state index is 13.7. The quantitative estimate of drug-likeness (QED) is 0.408. The van der Waals surface area contributed by atoms with E-state index in [9.17, 15) is 9.59 Å². The number of fused-ring (bicyclic) bond motifs is 1. The van der Waals surface area contributed by atoms with Gasteiger partial charge in [-0.05, 0) is 65.4 Å². The third-order valence-electron chi connectivity index (χ3n) is 6.09. The second-order valence-corrected chi connectivity index (χ2v) is 9.35. The molecule has 1 fully saturated rings. The molecular formula is C26H27N5O3S. The lowest BCUT2D eigenvalue weighted by Crippen LogP contribution is -2.48. The van der Waals surface area contributed by atoms with Crippen molar-refractivity contribution in [2.45, 2.75) is 38.3 Å². The van der Waals surface area contributed by atoms with Crippen molar-refractivity contribution >= 4 is 28.8 Å². The summed E-state index contributed by atoms with van der Waals surface area (Å²) in [5, 5.41) is 11.5. The molecule has 0 radical (unpaired) electrons. The standard InChI is InChI=1S/C26H27N5O3S/c32-25-23(7-1-2-10-28-25)30(26(33)22-16-24-27-11-4-12-31(24)29-22)17-20-5-3-6-21(15-20)34-13-8-19-9-14-35-18-19/h3-6,9,11-12,14-16,18,23H,1-2,7-8,10,13,17H2,(H,28,32)/t23-/m0/s1. The molecule has 0 aliphatic carbocycles. The Kier molecular flexibility index (Phi) is 7.04. The van der Waals surface area contributed by atoms with Crippen molar-refractivity contribution in [1.29, 1.82) is 0 Å². The predicted octanol–water partition coefficient (Wildman–Crippen LogP) is 3.72. The van der Waals surface area contributed by atoms with Gasteiger partial charge in [0.25, 0.3) is 5.91 Å². The Labute approximate surface area is 207 Å². The van der Waals surface area contributed by atoms with Gasteiger partial charge >= 0.3 is 0 Å². The molecule has 4 heterocycles. The van der Waals surface area contributed by atoms with Crippen molar-refractivity contribution in [2.24, 2.45) is 0 Å². The predicted molar refractivity (Wildman–Crippen MR) is 133 cm³/mol. The third-order valence-corrected chi connectivity index (χ3v) is 6.82. The first kappa shape index (κ1) is 23.0. The summed E-state index contributed by atoms with van der Waals surface area (Å²) in [4.78, 5) is 32.5. The van der Waals surface area contributed by atoms with Crippen LogP contribution in [0.1, 0.15) is 40.9 Å². The highest BCUT2D eigenvalue weighted by Gasteiger charge is 2.32. The van der Waals surface area contributed by atoms with E-state index >= 15 is 0 Å². The van der Waals surface area contributed by atoms with E-state index in [1.807, 2.05) is 24.3 Å². The van der Waals surface area contributed by atoms with Gasteiger partial charge in [-0.15, -0.1) is 0 Å². The fraction of sp³-hybridized carbons (Fsp3) is 0.308. The number of thiophene rings is 1. The van der Waals surface area contributed by atoms with Crippen molar-refractivity contribution < 1.29 is 14.3 Å². The maximum atomic E-state index is 13.7. The van der Waals surface area contributed by atoms with Crippen LogP contribution in [0.25, 0.3) is 5.65 Å². The van der Waals surface area contributed by atoms with Crippen LogP contribution in [0.5, 0.6) is 5.75 Å². The molecule has 1 saturated heterocycles. The van der Waals surface area contributed by atoms with E-state index in [1.165, 1.54) is 5.56 Å².